The second-order valence-electron chi connectivity index (χ2n) is 7.80. The molecular weight excluding hydrogens is 376 g/mol. The molecular formula is C29H22N2. The highest BCUT2D eigenvalue weighted by Gasteiger charge is 2.18. The highest BCUT2D eigenvalue weighted by Crippen LogP contribution is 2.40. The average molecular weight is 399 g/mol. The molecule has 0 aliphatic carbocycles. The molecule has 0 unspecified atom stereocenters. The van der Waals surface area contributed by atoms with Gasteiger partial charge in [-0.2, -0.15) is 0 Å². The van der Waals surface area contributed by atoms with E-state index in [0.29, 0.717) is 0 Å². The number of fused-ring (bicyclic) bond motifs is 7. The third kappa shape index (κ3) is 2.58. The lowest BCUT2D eigenvalue weighted by atomic mass is 10.1. The van der Waals surface area contributed by atoms with Crippen LogP contribution in [0.1, 0.15) is 6.92 Å². The van der Waals surface area contributed by atoms with E-state index >= 15 is 0 Å². The number of hydrogen-bond acceptors (Lipinski definition) is 0. The molecule has 0 saturated heterocycles. The molecule has 0 saturated carbocycles. The normalized spacial score (nSPS) is 12.4. The van der Waals surface area contributed by atoms with Crippen LogP contribution < -0.4 is 0 Å². The maximum Gasteiger partial charge on any atom is 0.0635 e. The highest BCUT2D eigenvalue weighted by molar-refractivity contribution is 6.26. The van der Waals surface area contributed by atoms with Crippen LogP contribution in [0.15, 0.2) is 109 Å². The van der Waals surface area contributed by atoms with Crippen molar-refractivity contribution < 1.29 is 0 Å². The van der Waals surface area contributed by atoms with Crippen molar-refractivity contribution in [3.63, 3.8) is 0 Å². The Morgan fingerprint density at radius 3 is 2.10 bits per heavy atom. The van der Waals surface area contributed by atoms with Gasteiger partial charge in [-0.3, -0.25) is 0 Å². The molecule has 6 aromatic rings. The molecule has 2 nitrogen and oxygen atoms in total. The summed E-state index contributed by atoms with van der Waals surface area (Å²) < 4.78 is 4.72. The number of hydrogen-bond donors (Lipinski definition) is 0. The fourth-order valence-corrected chi connectivity index (χ4v) is 4.80. The molecule has 31 heavy (non-hydrogen) atoms. The van der Waals surface area contributed by atoms with Gasteiger partial charge < -0.3 is 9.13 Å². The van der Waals surface area contributed by atoms with E-state index in [1.54, 1.807) is 0 Å². The van der Waals surface area contributed by atoms with Crippen LogP contribution in [0, 0.1) is 0 Å². The summed E-state index contributed by atoms with van der Waals surface area (Å²) in [7, 11) is 0. The molecule has 0 spiro atoms. The van der Waals surface area contributed by atoms with Gasteiger partial charge in [0.05, 0.1) is 22.1 Å². The van der Waals surface area contributed by atoms with Crippen molar-refractivity contribution in [3.05, 3.63) is 109 Å². The highest BCUT2D eigenvalue weighted by atomic mass is 15.0. The third-order valence-corrected chi connectivity index (χ3v) is 6.06. The number of benzene rings is 4. The minimum Gasteiger partial charge on any atom is -0.315 e. The predicted octanol–water partition coefficient (Wildman–Crippen LogP) is 7.94. The molecule has 0 aliphatic rings. The lowest BCUT2D eigenvalue weighted by Gasteiger charge is -2.07. The van der Waals surface area contributed by atoms with Gasteiger partial charge >= 0.3 is 0 Å². The maximum atomic E-state index is 2.38. The van der Waals surface area contributed by atoms with E-state index in [4.69, 9.17) is 0 Å². The average Bonchev–Trinajstić information content (AvgIpc) is 3.33. The van der Waals surface area contributed by atoms with Gasteiger partial charge in [0.2, 0.25) is 0 Å². The number of para-hydroxylation sites is 3. The van der Waals surface area contributed by atoms with Crippen LogP contribution in [0.4, 0.5) is 0 Å². The zero-order chi connectivity index (χ0) is 20.8. The number of nitrogens with zero attached hydrogens (tertiary/aromatic N) is 2. The van der Waals surface area contributed by atoms with Crippen molar-refractivity contribution in [1.29, 1.82) is 0 Å². The first kappa shape index (κ1) is 17.8. The lowest BCUT2D eigenvalue weighted by molar-refractivity contribution is 1.18. The van der Waals surface area contributed by atoms with E-state index in [-0.39, 0.29) is 0 Å². The molecule has 0 N–H and O–H groups in total. The summed E-state index contributed by atoms with van der Waals surface area (Å²) in [6, 6.07) is 32.6. The smallest absolute Gasteiger partial charge is 0.0635 e. The molecule has 0 atom stereocenters. The third-order valence-electron chi connectivity index (χ3n) is 6.06. The van der Waals surface area contributed by atoms with Crippen LogP contribution >= 0.6 is 0 Å². The molecule has 148 valence electrons. The van der Waals surface area contributed by atoms with Gasteiger partial charge in [0.15, 0.2) is 0 Å². The van der Waals surface area contributed by atoms with Gasteiger partial charge in [-0.1, -0.05) is 72.8 Å². The van der Waals surface area contributed by atoms with E-state index in [2.05, 4.69) is 125 Å². The molecule has 6 rings (SSSR count). The lowest BCUT2D eigenvalue weighted by Crippen LogP contribution is -1.93. The topological polar surface area (TPSA) is 9.86 Å². The fourth-order valence-electron chi connectivity index (χ4n) is 4.80. The molecule has 0 aliphatic heterocycles. The van der Waals surface area contributed by atoms with Crippen LogP contribution in [0.2, 0.25) is 0 Å². The van der Waals surface area contributed by atoms with Crippen LogP contribution in [0.5, 0.6) is 0 Å². The van der Waals surface area contributed by atoms with Crippen molar-refractivity contribution in [2.45, 2.75) is 6.92 Å². The van der Waals surface area contributed by atoms with Crippen molar-refractivity contribution in [1.82, 2.24) is 9.13 Å². The van der Waals surface area contributed by atoms with Gasteiger partial charge in [-0.05, 0) is 43.3 Å². The fraction of sp³-hybridized carbons (Fsp3) is 0.0345. The molecule has 0 fully saturated rings. The number of aromatic nitrogens is 2. The Hall–Kier alpha value is -4.04. The molecule has 2 aromatic heterocycles. The number of rotatable bonds is 3. The Morgan fingerprint density at radius 2 is 1.29 bits per heavy atom. The van der Waals surface area contributed by atoms with Crippen LogP contribution in [-0.4, -0.2) is 9.13 Å². The van der Waals surface area contributed by atoms with Crippen LogP contribution in [-0.2, 0) is 0 Å². The van der Waals surface area contributed by atoms with E-state index in [1.807, 2.05) is 6.92 Å². The second-order valence-corrected chi connectivity index (χ2v) is 7.80. The van der Waals surface area contributed by atoms with Gasteiger partial charge in [0.1, 0.15) is 0 Å². The van der Waals surface area contributed by atoms with Crippen LogP contribution in [0.3, 0.4) is 0 Å². The van der Waals surface area contributed by atoms with Gasteiger partial charge in [0.25, 0.3) is 0 Å². The van der Waals surface area contributed by atoms with Gasteiger partial charge in [-0.25, -0.2) is 0 Å². The molecule has 2 heteroatoms. The monoisotopic (exact) mass is 398 g/mol. The summed E-state index contributed by atoms with van der Waals surface area (Å²) in [5.74, 6) is 0. The quantitative estimate of drug-likeness (QED) is 0.268. The zero-order valence-electron chi connectivity index (χ0n) is 17.4. The Kier molecular flexibility index (Phi) is 4.03. The van der Waals surface area contributed by atoms with Crippen molar-refractivity contribution in [2.24, 2.45) is 0 Å². The van der Waals surface area contributed by atoms with Crippen LogP contribution in [0.25, 0.3) is 55.5 Å². The SMILES string of the molecule is C/C=C\C=C/n1c2ccccc2c2ccc3c(c4ccccc4n3-c3ccccc3)c21. The zero-order valence-corrected chi connectivity index (χ0v) is 17.4. The molecule has 0 radical (unpaired) electrons. The second kappa shape index (κ2) is 7.03. The molecule has 2 heterocycles. The Morgan fingerprint density at radius 1 is 0.581 bits per heavy atom. The summed E-state index contributed by atoms with van der Waals surface area (Å²) in [5, 5.41) is 5.12. The van der Waals surface area contributed by atoms with Gasteiger partial charge in [-0.15, -0.1) is 0 Å². The summed E-state index contributed by atoms with van der Waals surface area (Å²) in [6.07, 6.45) is 8.43. The predicted molar refractivity (Wildman–Crippen MR) is 134 cm³/mol. The molecule has 0 amide bonds. The summed E-state index contributed by atoms with van der Waals surface area (Å²) >= 11 is 0. The number of allylic oxidation sites excluding steroid dienone is 3. The van der Waals surface area contributed by atoms with Gasteiger partial charge in [0, 0.05) is 33.4 Å². The van der Waals surface area contributed by atoms with Crippen molar-refractivity contribution in [2.75, 3.05) is 0 Å². The minimum atomic E-state index is 1.18. The first-order chi connectivity index (χ1) is 15.4. The largest absolute Gasteiger partial charge is 0.315 e. The van der Waals surface area contributed by atoms with E-state index in [1.165, 1.54) is 49.3 Å². The first-order valence-electron chi connectivity index (χ1n) is 10.7. The summed E-state index contributed by atoms with van der Waals surface area (Å²) in [6.45, 7) is 2.04. The molecule has 4 aromatic carbocycles. The Labute approximate surface area is 180 Å². The summed E-state index contributed by atoms with van der Waals surface area (Å²) in [5.41, 5.74) is 6.11. The van der Waals surface area contributed by atoms with Crippen molar-refractivity contribution in [3.8, 4) is 5.69 Å². The van der Waals surface area contributed by atoms with Crippen molar-refractivity contribution >= 4 is 49.8 Å². The van der Waals surface area contributed by atoms with E-state index in [9.17, 15) is 0 Å². The minimum absolute atomic E-state index is 1.18. The summed E-state index contributed by atoms with van der Waals surface area (Å²) in [4.78, 5) is 0. The Balaban J connectivity index is 1.87. The first-order valence-corrected chi connectivity index (χ1v) is 10.7. The van der Waals surface area contributed by atoms with E-state index < -0.39 is 0 Å². The Bertz CT molecular complexity index is 1630. The molecule has 0 bridgehead atoms. The maximum absolute atomic E-state index is 2.38. The standard InChI is InChI=1S/C29H22N2/c1-2-3-11-20-30-25-16-9-7-14-22(25)23-18-19-27-28(29(23)30)24-15-8-10-17-26(24)31(27)21-12-5-4-6-13-21/h2-20H,1H3/b3-2-,20-11-. The van der Waals surface area contributed by atoms with E-state index in [0.717, 1.165) is 0 Å².